The van der Waals surface area contributed by atoms with Crippen LogP contribution in [0.25, 0.3) is 6.08 Å². The van der Waals surface area contributed by atoms with Gasteiger partial charge in [-0.2, -0.15) is 0 Å². The van der Waals surface area contributed by atoms with Crippen LogP contribution in [0.2, 0.25) is 0 Å². The van der Waals surface area contributed by atoms with Gasteiger partial charge in [0.05, 0.1) is 10.5 Å². The zero-order chi connectivity index (χ0) is 14.4. The van der Waals surface area contributed by atoms with Crippen LogP contribution in [0.3, 0.4) is 0 Å². The highest BCUT2D eigenvalue weighted by atomic mass is 16.6. The Morgan fingerprint density at radius 2 is 2.11 bits per heavy atom. The maximum atomic E-state index is 11.7. The number of non-ortho nitro benzene ring substituents is 1. The Bertz CT molecular complexity index is 548. The molecule has 0 aliphatic carbocycles. The molecule has 100 valence electrons. The van der Waals surface area contributed by atoms with Crippen LogP contribution in [0.5, 0.6) is 0 Å². The van der Waals surface area contributed by atoms with Crippen molar-refractivity contribution in [2.75, 3.05) is 13.7 Å². The first-order chi connectivity index (χ1) is 8.95. The molecule has 0 heterocycles. The molecule has 1 aromatic rings. The van der Waals surface area contributed by atoms with Gasteiger partial charge in [-0.05, 0) is 18.6 Å². The Morgan fingerprint density at radius 3 is 2.63 bits per heavy atom. The van der Waals surface area contributed by atoms with Crippen molar-refractivity contribution in [2.24, 2.45) is 0 Å². The van der Waals surface area contributed by atoms with E-state index < -0.39 is 16.5 Å². The quantitative estimate of drug-likeness (QED) is 0.257. The third kappa shape index (κ3) is 4.11. The lowest BCUT2D eigenvalue weighted by Crippen LogP contribution is -2.15. The van der Waals surface area contributed by atoms with Crippen molar-refractivity contribution in [2.45, 2.75) is 6.92 Å². The Labute approximate surface area is 109 Å². The van der Waals surface area contributed by atoms with Gasteiger partial charge in [0.2, 0.25) is 0 Å². The van der Waals surface area contributed by atoms with E-state index in [1.807, 2.05) is 0 Å². The molecule has 1 aromatic carbocycles. The largest absolute Gasteiger partial charge is 0.377 e. The van der Waals surface area contributed by atoms with Crippen LogP contribution < -0.4 is 0 Å². The van der Waals surface area contributed by atoms with Gasteiger partial charge in [-0.3, -0.25) is 19.7 Å². The van der Waals surface area contributed by atoms with Crippen LogP contribution in [-0.4, -0.2) is 30.2 Å². The minimum absolute atomic E-state index is 0.0395. The van der Waals surface area contributed by atoms with Crippen LogP contribution >= 0.6 is 0 Å². The van der Waals surface area contributed by atoms with Gasteiger partial charge in [-0.25, -0.2) is 0 Å². The topological polar surface area (TPSA) is 86.5 Å². The van der Waals surface area contributed by atoms with E-state index in [1.165, 1.54) is 38.3 Å². The lowest BCUT2D eigenvalue weighted by Gasteiger charge is -2.02. The monoisotopic (exact) mass is 263 g/mol. The van der Waals surface area contributed by atoms with E-state index in [0.717, 1.165) is 0 Å². The highest BCUT2D eigenvalue weighted by molar-refractivity contribution is 6.22. The first-order valence-electron chi connectivity index (χ1n) is 5.45. The predicted molar refractivity (Wildman–Crippen MR) is 68.6 cm³/mol. The zero-order valence-electron chi connectivity index (χ0n) is 10.6. The number of carbonyl (C=O) groups is 2. The van der Waals surface area contributed by atoms with Crippen LogP contribution in [0, 0.1) is 10.1 Å². The number of nitrogens with zero attached hydrogens (tertiary/aromatic N) is 1. The van der Waals surface area contributed by atoms with Gasteiger partial charge in [-0.1, -0.05) is 12.1 Å². The number of benzene rings is 1. The second kappa shape index (κ2) is 6.55. The standard InChI is InChI=1S/C13H13NO5/c1-9(15)12(13(16)8-19-2)7-10-4-3-5-11(6-10)14(17)18/h3-7H,8H2,1-2H3. The third-order valence-corrected chi connectivity index (χ3v) is 2.35. The van der Waals surface area contributed by atoms with E-state index in [9.17, 15) is 19.7 Å². The minimum Gasteiger partial charge on any atom is -0.377 e. The van der Waals surface area contributed by atoms with E-state index in [2.05, 4.69) is 4.74 Å². The molecule has 0 fully saturated rings. The van der Waals surface area contributed by atoms with Crippen molar-refractivity contribution in [1.82, 2.24) is 0 Å². The van der Waals surface area contributed by atoms with Crippen molar-refractivity contribution < 1.29 is 19.2 Å². The molecule has 0 spiro atoms. The summed E-state index contributed by atoms with van der Waals surface area (Å²) < 4.78 is 4.68. The summed E-state index contributed by atoms with van der Waals surface area (Å²) in [4.78, 5) is 33.2. The summed E-state index contributed by atoms with van der Waals surface area (Å²) in [5.41, 5.74) is 0.280. The van der Waals surface area contributed by atoms with Gasteiger partial charge in [-0.15, -0.1) is 0 Å². The van der Waals surface area contributed by atoms with Crippen molar-refractivity contribution in [3.8, 4) is 0 Å². The lowest BCUT2D eigenvalue weighted by atomic mass is 10.0. The molecule has 0 saturated heterocycles. The number of hydrogen-bond donors (Lipinski definition) is 0. The Kier molecular flexibility index (Phi) is 5.08. The molecule has 0 atom stereocenters. The van der Waals surface area contributed by atoms with Gasteiger partial charge < -0.3 is 4.74 Å². The highest BCUT2D eigenvalue weighted by Crippen LogP contribution is 2.16. The van der Waals surface area contributed by atoms with Crippen molar-refractivity contribution >= 4 is 23.3 Å². The van der Waals surface area contributed by atoms with Crippen LogP contribution in [0.15, 0.2) is 29.8 Å². The second-order valence-corrected chi connectivity index (χ2v) is 3.82. The maximum Gasteiger partial charge on any atom is 0.270 e. The predicted octanol–water partition coefficient (Wildman–Crippen LogP) is 1.78. The van der Waals surface area contributed by atoms with E-state index >= 15 is 0 Å². The first kappa shape index (κ1) is 14.7. The average molecular weight is 263 g/mol. The highest BCUT2D eigenvalue weighted by Gasteiger charge is 2.14. The summed E-state index contributed by atoms with van der Waals surface area (Å²) in [5.74, 6) is -0.866. The molecule has 0 N–H and O–H groups in total. The van der Waals surface area contributed by atoms with Gasteiger partial charge in [0.25, 0.3) is 5.69 Å². The number of rotatable bonds is 6. The maximum absolute atomic E-state index is 11.7. The number of nitro benzene ring substituents is 1. The fourth-order valence-corrected chi connectivity index (χ4v) is 1.48. The molecule has 6 heteroatoms. The summed E-state index contributed by atoms with van der Waals surface area (Å²) in [6.45, 7) is 1.05. The number of nitro groups is 1. The molecule has 0 radical (unpaired) electrons. The first-order valence-corrected chi connectivity index (χ1v) is 5.45. The molecular weight excluding hydrogens is 250 g/mol. The van der Waals surface area contributed by atoms with Gasteiger partial charge in [0, 0.05) is 19.2 Å². The smallest absolute Gasteiger partial charge is 0.270 e. The Morgan fingerprint density at radius 1 is 1.42 bits per heavy atom. The van der Waals surface area contributed by atoms with Crippen LogP contribution in [-0.2, 0) is 14.3 Å². The molecule has 0 amide bonds. The Hall–Kier alpha value is -2.34. The Balaban J connectivity index is 3.15. The fraction of sp³-hybridized carbons (Fsp3) is 0.231. The third-order valence-electron chi connectivity index (χ3n) is 2.35. The van der Waals surface area contributed by atoms with Gasteiger partial charge >= 0.3 is 0 Å². The molecule has 0 saturated carbocycles. The van der Waals surface area contributed by atoms with Crippen molar-refractivity contribution in [3.63, 3.8) is 0 Å². The van der Waals surface area contributed by atoms with Crippen molar-refractivity contribution in [1.29, 1.82) is 0 Å². The number of carbonyl (C=O) groups excluding carboxylic acids is 2. The second-order valence-electron chi connectivity index (χ2n) is 3.82. The summed E-state index contributed by atoms with van der Waals surface area (Å²) >= 11 is 0. The van der Waals surface area contributed by atoms with Crippen LogP contribution in [0.1, 0.15) is 12.5 Å². The number of methoxy groups -OCH3 is 1. The van der Waals surface area contributed by atoms with E-state index in [4.69, 9.17) is 0 Å². The lowest BCUT2D eigenvalue weighted by molar-refractivity contribution is -0.384. The zero-order valence-corrected chi connectivity index (χ0v) is 10.6. The number of hydrogen-bond acceptors (Lipinski definition) is 5. The molecule has 0 aromatic heterocycles. The molecule has 0 unspecified atom stereocenters. The number of ether oxygens (including phenoxy) is 1. The molecule has 19 heavy (non-hydrogen) atoms. The van der Waals surface area contributed by atoms with E-state index in [-0.39, 0.29) is 17.9 Å². The number of ketones is 2. The van der Waals surface area contributed by atoms with E-state index in [1.54, 1.807) is 6.07 Å². The average Bonchev–Trinajstić information content (AvgIpc) is 2.36. The summed E-state index contributed by atoms with van der Waals surface area (Å²) in [7, 11) is 1.35. The number of Topliss-reactive ketones (excluding diaryl/α,β-unsaturated/α-hetero) is 2. The minimum atomic E-state index is -0.540. The van der Waals surface area contributed by atoms with Gasteiger partial charge in [0.1, 0.15) is 6.61 Å². The SMILES string of the molecule is COCC(=O)C(=Cc1cccc([N+](=O)[O-])c1)C(C)=O. The molecule has 0 aliphatic heterocycles. The summed E-state index contributed by atoms with van der Waals surface area (Å²) in [6, 6.07) is 5.70. The molecule has 0 aliphatic rings. The molecule has 6 nitrogen and oxygen atoms in total. The van der Waals surface area contributed by atoms with Crippen molar-refractivity contribution in [3.05, 3.63) is 45.5 Å². The normalized spacial score (nSPS) is 11.2. The molecular formula is C13H13NO5. The van der Waals surface area contributed by atoms with E-state index in [0.29, 0.717) is 5.56 Å². The van der Waals surface area contributed by atoms with Crippen LogP contribution in [0.4, 0.5) is 5.69 Å². The fourth-order valence-electron chi connectivity index (χ4n) is 1.48. The summed E-state index contributed by atoms with van der Waals surface area (Å²) in [5, 5.41) is 10.6. The summed E-state index contributed by atoms with van der Waals surface area (Å²) in [6.07, 6.45) is 1.33. The molecule has 1 rings (SSSR count). The van der Waals surface area contributed by atoms with Gasteiger partial charge in [0.15, 0.2) is 11.6 Å². The molecule has 0 bridgehead atoms.